The average Bonchev–Trinajstić information content (AvgIpc) is 3.80. The zero-order valence-electron chi connectivity index (χ0n) is 41.2. The Kier molecular flexibility index (Phi) is 27.2. The highest BCUT2D eigenvalue weighted by Gasteiger charge is 2.37. The number of unbranched alkanes of at least 4 members (excludes halogenated alkanes) is 1. The number of amides is 8. The van der Waals surface area contributed by atoms with E-state index in [0.29, 0.717) is 31.4 Å². The van der Waals surface area contributed by atoms with Crippen LogP contribution in [0.4, 0.5) is 0 Å². The van der Waals surface area contributed by atoms with Gasteiger partial charge in [-0.25, -0.2) is 9.78 Å². The van der Waals surface area contributed by atoms with Gasteiger partial charge in [0.25, 0.3) is 0 Å². The largest absolute Gasteiger partial charge is 0.480 e. The van der Waals surface area contributed by atoms with Crippen molar-refractivity contribution in [1.29, 1.82) is 0 Å². The highest BCUT2D eigenvalue weighted by atomic mass is 16.4. The molecule has 25 heteroatoms. The van der Waals surface area contributed by atoms with Gasteiger partial charge in [-0.15, -0.1) is 0 Å². The summed E-state index contributed by atoms with van der Waals surface area (Å²) in [5.74, 6) is -10.2. The van der Waals surface area contributed by atoms with E-state index in [1.807, 2.05) is 13.8 Å². The summed E-state index contributed by atoms with van der Waals surface area (Å²) in [5.41, 5.74) is 12.0. The molecule has 0 radical (unpaired) electrons. The van der Waals surface area contributed by atoms with Gasteiger partial charge >= 0.3 is 5.97 Å². The van der Waals surface area contributed by atoms with E-state index in [9.17, 15) is 63.6 Å². The number of carboxylic acid groups (broad SMARTS) is 1. The normalized spacial score (nSPS) is 16.2. The number of aromatic amines is 1. The van der Waals surface area contributed by atoms with Crippen LogP contribution in [0, 0.1) is 23.7 Å². The van der Waals surface area contributed by atoms with Crippen LogP contribution in [0.2, 0.25) is 0 Å². The van der Waals surface area contributed by atoms with E-state index in [1.165, 1.54) is 33.3 Å². The lowest BCUT2D eigenvalue weighted by atomic mass is 9.98. The summed E-state index contributed by atoms with van der Waals surface area (Å²) < 4.78 is 0. The fraction of sp³-hybridized carbons (Fsp3) is 0.727. The standard InChI is InChI=1S/C44H78N12O13/c1-10-24(8)34(44(68)69)55-37(61)28(13-11-12-14-45)49-38(62)29(16-26-17-47-20-48-26)50-39(63)30(18-57)51-40(64)31(19-58)52-41(65)32(22(4)5)54-43(67)35(25(9)59)56-42(66)33(23(6)7)53-36(60)27(46)15-21(2)3/h17,20-25,27-35,57-59H,10-16,18-19,45-46H2,1-9H3,(H,47,48)(H,49,62)(H,50,63)(H,51,64)(H,52,65)(H,53,60)(H,54,67)(H,55,61)(H,56,66)(H,68,69)/t24-,25+,27-,28-,29-,30-,31-,32-,33-,34-,35-/m0/s1. The first-order chi connectivity index (χ1) is 32.3. The minimum absolute atomic E-state index is 0.0588. The number of nitrogens with two attached hydrogens (primary N) is 2. The highest BCUT2D eigenvalue weighted by molar-refractivity contribution is 5.98. The van der Waals surface area contributed by atoms with E-state index in [1.54, 1.807) is 27.7 Å². The molecule has 69 heavy (non-hydrogen) atoms. The summed E-state index contributed by atoms with van der Waals surface area (Å²) in [5, 5.41) is 60.2. The second kappa shape index (κ2) is 30.7. The van der Waals surface area contributed by atoms with E-state index in [0.717, 1.165) is 0 Å². The van der Waals surface area contributed by atoms with Crippen LogP contribution < -0.4 is 54.0 Å². The first kappa shape index (κ1) is 61.3. The van der Waals surface area contributed by atoms with E-state index >= 15 is 0 Å². The molecule has 0 aliphatic rings. The van der Waals surface area contributed by atoms with Gasteiger partial charge in [0, 0.05) is 18.3 Å². The highest BCUT2D eigenvalue weighted by Crippen LogP contribution is 2.12. The number of nitrogens with one attached hydrogen (secondary N) is 9. The van der Waals surface area contributed by atoms with Gasteiger partial charge in [-0.2, -0.15) is 0 Å². The summed E-state index contributed by atoms with van der Waals surface area (Å²) in [6, 6.07) is -12.7. The van der Waals surface area contributed by atoms with Crippen LogP contribution in [0.15, 0.2) is 12.5 Å². The fourth-order valence-electron chi connectivity index (χ4n) is 6.83. The summed E-state index contributed by atoms with van der Waals surface area (Å²) >= 11 is 0. The monoisotopic (exact) mass is 983 g/mol. The lowest BCUT2D eigenvalue weighted by molar-refractivity contribution is -0.144. The van der Waals surface area contributed by atoms with Crippen LogP contribution in [0.3, 0.4) is 0 Å². The van der Waals surface area contributed by atoms with Crippen LogP contribution >= 0.6 is 0 Å². The number of H-pyrrole nitrogens is 1. The number of aliphatic hydroxyl groups excluding tert-OH is 3. The topological polar surface area (TPSA) is 412 Å². The zero-order chi connectivity index (χ0) is 52.7. The maximum atomic E-state index is 13.8. The second-order valence-electron chi connectivity index (χ2n) is 18.3. The van der Waals surface area contributed by atoms with Crippen LogP contribution in [0.1, 0.15) is 100 Å². The van der Waals surface area contributed by atoms with Crippen molar-refractivity contribution in [2.75, 3.05) is 19.8 Å². The molecule has 0 bridgehead atoms. The van der Waals surface area contributed by atoms with Crippen LogP contribution in [-0.2, 0) is 49.6 Å². The Labute approximate surface area is 403 Å². The number of aliphatic hydroxyl groups is 3. The predicted octanol–water partition coefficient (Wildman–Crippen LogP) is -3.86. The van der Waals surface area contributed by atoms with Gasteiger partial charge in [0.05, 0.1) is 31.7 Å². The summed E-state index contributed by atoms with van der Waals surface area (Å²) in [4.78, 5) is 126. The number of hydrogen-bond donors (Lipinski definition) is 15. The molecule has 0 unspecified atom stereocenters. The Balaban J connectivity index is 3.25. The Hall–Kier alpha value is -5.76. The molecule has 0 fully saturated rings. The maximum Gasteiger partial charge on any atom is 0.326 e. The molecule has 1 aromatic heterocycles. The van der Waals surface area contributed by atoms with Gasteiger partial charge in [-0.3, -0.25) is 38.4 Å². The van der Waals surface area contributed by atoms with E-state index in [-0.39, 0.29) is 25.3 Å². The molecule has 0 aromatic carbocycles. The number of aromatic nitrogens is 2. The van der Waals surface area contributed by atoms with Crippen molar-refractivity contribution in [2.24, 2.45) is 35.1 Å². The van der Waals surface area contributed by atoms with Crippen LogP contribution in [0.5, 0.6) is 0 Å². The Morgan fingerprint density at radius 2 is 1.04 bits per heavy atom. The van der Waals surface area contributed by atoms with Crippen LogP contribution in [-0.4, -0.2) is 164 Å². The maximum absolute atomic E-state index is 13.8. The second-order valence-corrected chi connectivity index (χ2v) is 18.3. The average molecular weight is 983 g/mol. The third kappa shape index (κ3) is 20.8. The van der Waals surface area contributed by atoms with E-state index in [2.05, 4.69) is 52.5 Å². The number of carbonyl (C=O) groups is 9. The third-order valence-corrected chi connectivity index (χ3v) is 11.2. The molecular weight excluding hydrogens is 905 g/mol. The van der Waals surface area contributed by atoms with Crippen molar-refractivity contribution >= 4 is 53.2 Å². The first-order valence-corrected chi connectivity index (χ1v) is 23.3. The molecule has 1 rings (SSSR count). The summed E-state index contributed by atoms with van der Waals surface area (Å²) in [6.07, 6.45) is 2.62. The molecule has 11 atom stereocenters. The fourth-order valence-corrected chi connectivity index (χ4v) is 6.83. The first-order valence-electron chi connectivity index (χ1n) is 23.3. The Bertz CT molecular complexity index is 1830. The van der Waals surface area contributed by atoms with Crippen molar-refractivity contribution in [3.8, 4) is 0 Å². The Morgan fingerprint density at radius 3 is 1.49 bits per heavy atom. The molecule has 0 saturated heterocycles. The predicted molar refractivity (Wildman–Crippen MR) is 251 cm³/mol. The molecule has 392 valence electrons. The summed E-state index contributed by atoms with van der Waals surface area (Å²) in [6.45, 7) is 12.9. The van der Waals surface area contributed by atoms with Gasteiger partial charge in [-0.05, 0) is 62.8 Å². The smallest absolute Gasteiger partial charge is 0.326 e. The van der Waals surface area contributed by atoms with Crippen molar-refractivity contribution in [1.82, 2.24) is 52.5 Å². The number of carbonyl (C=O) groups excluding carboxylic acids is 8. The molecule has 8 amide bonds. The molecular formula is C44H78N12O13. The number of hydrogen-bond acceptors (Lipinski definition) is 15. The number of aliphatic carboxylic acids is 1. The van der Waals surface area contributed by atoms with Gasteiger partial charge in [0.1, 0.15) is 48.3 Å². The molecule has 1 heterocycles. The summed E-state index contributed by atoms with van der Waals surface area (Å²) in [7, 11) is 0. The molecule has 0 spiro atoms. The molecule has 0 saturated carbocycles. The number of carboxylic acids is 1. The molecule has 0 aliphatic carbocycles. The third-order valence-electron chi connectivity index (χ3n) is 11.2. The minimum Gasteiger partial charge on any atom is -0.480 e. The van der Waals surface area contributed by atoms with Crippen molar-refractivity contribution in [3.05, 3.63) is 18.2 Å². The molecule has 25 nitrogen and oxygen atoms in total. The van der Waals surface area contributed by atoms with Gasteiger partial charge in [0.2, 0.25) is 47.3 Å². The lowest BCUT2D eigenvalue weighted by Crippen LogP contribution is -2.63. The zero-order valence-corrected chi connectivity index (χ0v) is 41.2. The van der Waals surface area contributed by atoms with Crippen molar-refractivity contribution in [2.45, 2.75) is 161 Å². The van der Waals surface area contributed by atoms with Gasteiger partial charge < -0.3 is 79.4 Å². The van der Waals surface area contributed by atoms with Gasteiger partial charge in [0.15, 0.2) is 0 Å². The van der Waals surface area contributed by atoms with Gasteiger partial charge in [-0.1, -0.05) is 61.8 Å². The van der Waals surface area contributed by atoms with E-state index < -0.39 is 145 Å². The number of imidazole rings is 1. The SMILES string of the molecule is CC[C@H](C)[C@H](NC(=O)[C@H](CCCCN)NC(=O)[C@H](Cc1cnc[nH]1)NC(=O)[C@H](CO)NC(=O)[C@H](CO)NC(=O)[C@@H](NC(=O)[C@@H](NC(=O)[C@@H](NC(=O)[C@@H](N)CC(C)C)C(C)C)[C@@H](C)O)C(C)C)C(=O)O. The number of rotatable bonds is 32. The van der Waals surface area contributed by atoms with E-state index in [4.69, 9.17) is 11.5 Å². The number of nitrogens with zero attached hydrogens (tertiary/aromatic N) is 1. The molecule has 1 aromatic rings. The minimum atomic E-state index is -1.78. The lowest BCUT2D eigenvalue weighted by Gasteiger charge is -2.30. The van der Waals surface area contributed by atoms with Crippen molar-refractivity contribution < 1.29 is 63.6 Å². The molecule has 17 N–H and O–H groups in total. The Morgan fingerprint density at radius 1 is 0.609 bits per heavy atom. The molecule has 0 aliphatic heterocycles. The van der Waals surface area contributed by atoms with Crippen LogP contribution in [0.25, 0.3) is 0 Å². The van der Waals surface area contributed by atoms with Crippen molar-refractivity contribution in [3.63, 3.8) is 0 Å². The quantitative estimate of drug-likeness (QED) is 0.0307.